The van der Waals surface area contributed by atoms with Crippen LogP contribution in [0.25, 0.3) is 0 Å². The van der Waals surface area contributed by atoms with Crippen molar-refractivity contribution in [3.63, 3.8) is 0 Å². The molecule has 0 heterocycles. The minimum absolute atomic E-state index is 0.0668. The Labute approximate surface area is 138 Å². The molecule has 0 saturated carbocycles. The third kappa shape index (κ3) is 9.77. The molecule has 0 aliphatic rings. The quantitative estimate of drug-likeness (QED) is 0.583. The molecule has 0 aliphatic heterocycles. The van der Waals surface area contributed by atoms with Gasteiger partial charge in [-0.15, -0.1) is 0 Å². The number of halogens is 1. The van der Waals surface area contributed by atoms with Crippen LogP contribution in [-0.2, 0) is 4.79 Å². The van der Waals surface area contributed by atoms with Crippen molar-refractivity contribution < 1.29 is 14.6 Å². The molecule has 6 heteroatoms. The number of thioether (sulfide) groups is 1. The van der Waals surface area contributed by atoms with Gasteiger partial charge >= 0.3 is 0 Å². The lowest BCUT2D eigenvalue weighted by molar-refractivity contribution is -0.121. The van der Waals surface area contributed by atoms with Crippen LogP contribution in [-0.4, -0.2) is 42.3 Å². The van der Waals surface area contributed by atoms with Gasteiger partial charge in [-0.2, -0.15) is 11.8 Å². The van der Waals surface area contributed by atoms with Crippen LogP contribution < -0.4 is 10.1 Å². The summed E-state index contributed by atoms with van der Waals surface area (Å²) >= 11 is 5.11. The second kappa shape index (κ2) is 11.9. The maximum absolute atomic E-state index is 11.6. The first-order valence-corrected chi connectivity index (χ1v) is 9.01. The Bertz CT molecular complexity index is 400. The Balaban J connectivity index is 1.97. The van der Waals surface area contributed by atoms with Crippen molar-refractivity contribution in [1.82, 2.24) is 5.32 Å². The van der Waals surface area contributed by atoms with Gasteiger partial charge in [0.15, 0.2) is 0 Å². The molecule has 1 aromatic carbocycles. The second-order valence-electron chi connectivity index (χ2n) is 4.45. The van der Waals surface area contributed by atoms with E-state index in [1.54, 1.807) is 11.8 Å². The summed E-state index contributed by atoms with van der Waals surface area (Å²) in [5, 5.41) is 11.5. The molecule has 118 valence electrons. The summed E-state index contributed by atoms with van der Waals surface area (Å²) in [4.78, 5) is 11.6. The van der Waals surface area contributed by atoms with E-state index >= 15 is 0 Å². The number of amides is 1. The van der Waals surface area contributed by atoms with Gasteiger partial charge in [0.05, 0.1) is 6.61 Å². The summed E-state index contributed by atoms with van der Waals surface area (Å²) < 4.78 is 6.57. The lowest BCUT2D eigenvalue weighted by Gasteiger charge is -2.07. The highest BCUT2D eigenvalue weighted by molar-refractivity contribution is 9.10. The third-order valence-electron chi connectivity index (χ3n) is 2.65. The van der Waals surface area contributed by atoms with Gasteiger partial charge < -0.3 is 15.2 Å². The number of hydrogen-bond donors (Lipinski definition) is 2. The van der Waals surface area contributed by atoms with E-state index < -0.39 is 0 Å². The number of nitrogens with one attached hydrogen (secondary N) is 1. The standard InChI is InChI=1S/C15H22BrNO3S/c16-13-4-6-14(7-5-13)20-10-1-3-15(19)17-8-12-21-11-2-9-18/h4-7,18H,1-3,8-12H2,(H,17,19). The van der Waals surface area contributed by atoms with Crippen molar-refractivity contribution >= 4 is 33.6 Å². The molecule has 4 nitrogen and oxygen atoms in total. The monoisotopic (exact) mass is 375 g/mol. The van der Waals surface area contributed by atoms with Gasteiger partial charge in [-0.05, 0) is 42.9 Å². The molecule has 0 atom stereocenters. The summed E-state index contributed by atoms with van der Waals surface area (Å²) in [5.74, 6) is 2.71. The van der Waals surface area contributed by atoms with Crippen LogP contribution in [0.15, 0.2) is 28.7 Å². The van der Waals surface area contributed by atoms with Crippen LogP contribution in [0.4, 0.5) is 0 Å². The third-order valence-corrected chi connectivity index (χ3v) is 4.24. The number of aliphatic hydroxyl groups is 1. The number of carbonyl (C=O) groups is 1. The molecule has 0 fully saturated rings. The summed E-state index contributed by atoms with van der Waals surface area (Å²) in [6.45, 7) is 1.46. The van der Waals surface area contributed by atoms with Gasteiger partial charge in [-0.3, -0.25) is 4.79 Å². The second-order valence-corrected chi connectivity index (χ2v) is 6.59. The van der Waals surface area contributed by atoms with Gasteiger partial charge in [0.25, 0.3) is 0 Å². The normalized spacial score (nSPS) is 10.4. The highest BCUT2D eigenvalue weighted by Crippen LogP contribution is 2.16. The van der Waals surface area contributed by atoms with Gasteiger partial charge in [0, 0.05) is 29.8 Å². The van der Waals surface area contributed by atoms with Gasteiger partial charge in [-0.1, -0.05) is 15.9 Å². The molecule has 0 aromatic heterocycles. The zero-order chi connectivity index (χ0) is 15.3. The van der Waals surface area contributed by atoms with Gasteiger partial charge in [0.2, 0.25) is 5.91 Å². The highest BCUT2D eigenvalue weighted by atomic mass is 79.9. The minimum atomic E-state index is 0.0668. The van der Waals surface area contributed by atoms with Crippen molar-refractivity contribution in [3.05, 3.63) is 28.7 Å². The fraction of sp³-hybridized carbons (Fsp3) is 0.533. The van der Waals surface area contributed by atoms with E-state index in [9.17, 15) is 4.79 Å². The maximum atomic E-state index is 11.6. The largest absolute Gasteiger partial charge is 0.494 e. The predicted molar refractivity (Wildman–Crippen MR) is 90.9 cm³/mol. The molecule has 1 rings (SSSR count). The Kier molecular flexibility index (Phi) is 10.4. The number of aliphatic hydroxyl groups excluding tert-OH is 1. The zero-order valence-electron chi connectivity index (χ0n) is 12.0. The van der Waals surface area contributed by atoms with Crippen LogP contribution in [0, 0.1) is 0 Å². The van der Waals surface area contributed by atoms with Crippen LogP contribution in [0.3, 0.4) is 0 Å². The van der Waals surface area contributed by atoms with Crippen molar-refractivity contribution in [2.24, 2.45) is 0 Å². The SMILES string of the molecule is O=C(CCCOc1ccc(Br)cc1)NCCSCCCO. The summed E-state index contributed by atoms with van der Waals surface area (Å²) in [6, 6.07) is 7.65. The van der Waals surface area contributed by atoms with Crippen molar-refractivity contribution in [2.75, 3.05) is 31.3 Å². The first kappa shape index (κ1) is 18.3. The van der Waals surface area contributed by atoms with E-state index in [1.807, 2.05) is 24.3 Å². The summed E-state index contributed by atoms with van der Waals surface area (Å²) in [7, 11) is 0. The molecular formula is C15H22BrNO3S. The molecule has 2 N–H and O–H groups in total. The highest BCUT2D eigenvalue weighted by Gasteiger charge is 2.01. The molecule has 0 radical (unpaired) electrons. The smallest absolute Gasteiger partial charge is 0.220 e. The number of benzene rings is 1. The topological polar surface area (TPSA) is 58.6 Å². The van der Waals surface area contributed by atoms with Crippen LogP contribution in [0.1, 0.15) is 19.3 Å². The minimum Gasteiger partial charge on any atom is -0.494 e. The molecule has 0 unspecified atom stereocenters. The average molecular weight is 376 g/mol. The van der Waals surface area contributed by atoms with Gasteiger partial charge in [-0.25, -0.2) is 0 Å². The summed E-state index contributed by atoms with van der Waals surface area (Å²) in [6.07, 6.45) is 2.00. The predicted octanol–water partition coefficient (Wildman–Crippen LogP) is 2.84. The first-order valence-electron chi connectivity index (χ1n) is 7.06. The Morgan fingerprint density at radius 1 is 1.24 bits per heavy atom. The fourth-order valence-electron chi connectivity index (χ4n) is 1.57. The first-order chi connectivity index (χ1) is 10.2. The number of hydrogen-bond acceptors (Lipinski definition) is 4. The number of rotatable bonds is 11. The Morgan fingerprint density at radius 3 is 2.71 bits per heavy atom. The maximum Gasteiger partial charge on any atom is 0.220 e. The molecular weight excluding hydrogens is 354 g/mol. The van der Waals surface area contributed by atoms with Crippen molar-refractivity contribution in [1.29, 1.82) is 0 Å². The fourth-order valence-corrected chi connectivity index (χ4v) is 2.62. The molecule has 0 spiro atoms. The van der Waals surface area contributed by atoms with Crippen LogP contribution >= 0.6 is 27.7 Å². The van der Waals surface area contributed by atoms with E-state index in [2.05, 4.69) is 21.2 Å². The molecule has 1 aromatic rings. The number of carbonyl (C=O) groups excluding carboxylic acids is 1. The Hall–Kier alpha value is -0.720. The van der Waals surface area contributed by atoms with Crippen molar-refractivity contribution in [3.8, 4) is 5.75 Å². The Morgan fingerprint density at radius 2 is 2.00 bits per heavy atom. The molecule has 1 amide bonds. The van der Waals surface area contributed by atoms with E-state index in [4.69, 9.17) is 9.84 Å². The molecule has 0 bridgehead atoms. The van der Waals surface area contributed by atoms with E-state index in [0.717, 1.165) is 28.1 Å². The lowest BCUT2D eigenvalue weighted by Crippen LogP contribution is -2.25. The molecule has 0 saturated heterocycles. The molecule has 0 aliphatic carbocycles. The van der Waals surface area contributed by atoms with Crippen molar-refractivity contribution in [2.45, 2.75) is 19.3 Å². The van der Waals surface area contributed by atoms with Crippen LogP contribution in [0.2, 0.25) is 0 Å². The van der Waals surface area contributed by atoms with E-state index in [-0.39, 0.29) is 12.5 Å². The molecule has 21 heavy (non-hydrogen) atoms. The average Bonchev–Trinajstić information content (AvgIpc) is 2.49. The summed E-state index contributed by atoms with van der Waals surface area (Å²) in [5.41, 5.74) is 0. The van der Waals surface area contributed by atoms with Gasteiger partial charge in [0.1, 0.15) is 5.75 Å². The number of ether oxygens (including phenoxy) is 1. The lowest BCUT2D eigenvalue weighted by atomic mass is 10.3. The van der Waals surface area contributed by atoms with E-state index in [0.29, 0.717) is 26.0 Å². The van der Waals surface area contributed by atoms with Crippen LogP contribution in [0.5, 0.6) is 5.75 Å². The zero-order valence-corrected chi connectivity index (χ0v) is 14.4. The van der Waals surface area contributed by atoms with E-state index in [1.165, 1.54) is 0 Å².